The van der Waals surface area contributed by atoms with Crippen LogP contribution in [-0.2, 0) is 10.0 Å². The molecule has 1 aliphatic rings. The van der Waals surface area contributed by atoms with Gasteiger partial charge in [-0.25, -0.2) is 8.42 Å². The van der Waals surface area contributed by atoms with Crippen LogP contribution >= 0.6 is 0 Å². The molecular formula is C15H22N2O4S. The molecule has 1 unspecified atom stereocenters. The van der Waals surface area contributed by atoms with Crippen LogP contribution in [0.1, 0.15) is 43.5 Å². The number of amides is 1. The van der Waals surface area contributed by atoms with Gasteiger partial charge in [0.05, 0.1) is 17.1 Å². The number of piperidine rings is 1. The number of hydrogen-bond donors (Lipinski definition) is 1. The van der Waals surface area contributed by atoms with Crippen LogP contribution in [-0.4, -0.2) is 37.8 Å². The van der Waals surface area contributed by atoms with E-state index in [1.54, 1.807) is 6.92 Å². The number of benzene rings is 1. The number of primary amides is 1. The van der Waals surface area contributed by atoms with Gasteiger partial charge in [-0.05, 0) is 44.9 Å². The van der Waals surface area contributed by atoms with E-state index in [1.165, 1.54) is 22.5 Å². The number of sulfonamides is 1. The first-order valence-electron chi connectivity index (χ1n) is 7.46. The first-order chi connectivity index (χ1) is 10.4. The number of nitrogens with zero attached hydrogens (tertiary/aromatic N) is 1. The minimum absolute atomic E-state index is 0.0395. The number of carbonyl (C=O) groups is 1. The normalized spacial score (nSPS) is 19.8. The minimum Gasteiger partial charge on any atom is -0.493 e. The van der Waals surface area contributed by atoms with Crippen molar-refractivity contribution in [2.45, 2.75) is 44.0 Å². The average molecular weight is 326 g/mol. The maximum absolute atomic E-state index is 12.8. The molecule has 6 nitrogen and oxygen atoms in total. The zero-order valence-corrected chi connectivity index (χ0v) is 13.7. The summed E-state index contributed by atoms with van der Waals surface area (Å²) >= 11 is 0. The Labute approximate surface area is 131 Å². The Morgan fingerprint density at radius 1 is 1.41 bits per heavy atom. The second-order valence-electron chi connectivity index (χ2n) is 5.42. The highest BCUT2D eigenvalue weighted by molar-refractivity contribution is 7.89. The highest BCUT2D eigenvalue weighted by Crippen LogP contribution is 2.28. The van der Waals surface area contributed by atoms with E-state index in [0.29, 0.717) is 18.9 Å². The maximum atomic E-state index is 12.8. The summed E-state index contributed by atoms with van der Waals surface area (Å²) in [6.45, 7) is 4.56. The van der Waals surface area contributed by atoms with E-state index in [1.807, 2.05) is 6.92 Å². The fraction of sp³-hybridized carbons (Fsp3) is 0.533. The Morgan fingerprint density at radius 3 is 2.73 bits per heavy atom. The van der Waals surface area contributed by atoms with Gasteiger partial charge in [0.25, 0.3) is 5.91 Å². The lowest BCUT2D eigenvalue weighted by molar-refractivity contribution is 0.0996. The largest absolute Gasteiger partial charge is 0.493 e. The van der Waals surface area contributed by atoms with E-state index in [4.69, 9.17) is 10.5 Å². The van der Waals surface area contributed by atoms with Gasteiger partial charge < -0.3 is 10.5 Å². The number of rotatable bonds is 5. The standard InChI is InChI=1S/C15H22N2O4S/c1-3-21-14-8-7-12(10-13(14)15(16)18)22(19,20)17-9-5-4-6-11(17)2/h7-8,10-11H,3-6,9H2,1-2H3,(H2,16,18). The van der Waals surface area contributed by atoms with Crippen molar-refractivity contribution in [2.75, 3.05) is 13.2 Å². The molecule has 1 fully saturated rings. The van der Waals surface area contributed by atoms with Crippen molar-refractivity contribution in [3.05, 3.63) is 23.8 Å². The number of ether oxygens (including phenoxy) is 1. The summed E-state index contributed by atoms with van der Waals surface area (Å²) in [4.78, 5) is 11.6. The number of nitrogens with two attached hydrogens (primary N) is 1. The Balaban J connectivity index is 2.43. The summed E-state index contributed by atoms with van der Waals surface area (Å²) in [5, 5.41) is 0. The van der Waals surface area contributed by atoms with E-state index in [9.17, 15) is 13.2 Å². The predicted octanol–water partition coefficient (Wildman–Crippen LogP) is 1.75. The second-order valence-corrected chi connectivity index (χ2v) is 7.31. The molecule has 0 aromatic heterocycles. The van der Waals surface area contributed by atoms with Crippen LogP contribution in [0.2, 0.25) is 0 Å². The van der Waals surface area contributed by atoms with E-state index in [-0.39, 0.29) is 16.5 Å². The fourth-order valence-corrected chi connectivity index (χ4v) is 4.43. The third kappa shape index (κ3) is 3.25. The van der Waals surface area contributed by atoms with Crippen molar-refractivity contribution in [1.29, 1.82) is 0 Å². The summed E-state index contributed by atoms with van der Waals surface area (Å²) < 4.78 is 32.4. The fourth-order valence-electron chi connectivity index (χ4n) is 2.71. The first kappa shape index (κ1) is 16.8. The van der Waals surface area contributed by atoms with E-state index >= 15 is 0 Å². The van der Waals surface area contributed by atoms with Crippen molar-refractivity contribution in [3.63, 3.8) is 0 Å². The summed E-state index contributed by atoms with van der Waals surface area (Å²) in [5.41, 5.74) is 5.43. The molecule has 0 bridgehead atoms. The third-order valence-corrected chi connectivity index (χ3v) is 5.87. The van der Waals surface area contributed by atoms with Gasteiger partial charge in [0.2, 0.25) is 10.0 Å². The molecule has 0 saturated carbocycles. The molecule has 22 heavy (non-hydrogen) atoms. The highest BCUT2D eigenvalue weighted by Gasteiger charge is 2.31. The van der Waals surface area contributed by atoms with Gasteiger partial charge in [-0.3, -0.25) is 4.79 Å². The topological polar surface area (TPSA) is 89.7 Å². The Hall–Kier alpha value is -1.60. The Bertz CT molecular complexity index is 658. The lowest BCUT2D eigenvalue weighted by Crippen LogP contribution is -2.41. The predicted molar refractivity (Wildman–Crippen MR) is 83.3 cm³/mol. The van der Waals surface area contributed by atoms with Crippen LogP contribution in [0.4, 0.5) is 0 Å². The van der Waals surface area contributed by atoms with Crippen LogP contribution in [0.3, 0.4) is 0 Å². The molecule has 1 saturated heterocycles. The van der Waals surface area contributed by atoms with Crippen molar-refractivity contribution in [3.8, 4) is 5.75 Å². The van der Waals surface area contributed by atoms with Gasteiger partial charge in [-0.1, -0.05) is 6.42 Å². The molecule has 0 aliphatic carbocycles. The lowest BCUT2D eigenvalue weighted by atomic mass is 10.1. The van der Waals surface area contributed by atoms with Crippen molar-refractivity contribution in [2.24, 2.45) is 5.73 Å². The van der Waals surface area contributed by atoms with Crippen molar-refractivity contribution in [1.82, 2.24) is 4.31 Å². The molecular weight excluding hydrogens is 304 g/mol. The molecule has 1 aromatic rings. The van der Waals surface area contributed by atoms with Crippen LogP contribution < -0.4 is 10.5 Å². The molecule has 0 spiro atoms. The zero-order chi connectivity index (χ0) is 16.3. The summed E-state index contributed by atoms with van der Waals surface area (Å²) in [7, 11) is -3.63. The first-order valence-corrected chi connectivity index (χ1v) is 8.90. The van der Waals surface area contributed by atoms with Crippen LogP contribution in [0.5, 0.6) is 5.75 Å². The average Bonchev–Trinajstić information content (AvgIpc) is 2.47. The van der Waals surface area contributed by atoms with Gasteiger partial charge in [0, 0.05) is 12.6 Å². The molecule has 2 rings (SSSR count). The van der Waals surface area contributed by atoms with Gasteiger partial charge in [0.1, 0.15) is 5.75 Å². The minimum atomic E-state index is -3.63. The van der Waals surface area contributed by atoms with Gasteiger partial charge in [-0.2, -0.15) is 4.31 Å². The summed E-state index contributed by atoms with van der Waals surface area (Å²) in [5.74, 6) is -0.396. The van der Waals surface area contributed by atoms with Gasteiger partial charge >= 0.3 is 0 Å². The monoisotopic (exact) mass is 326 g/mol. The number of hydrogen-bond acceptors (Lipinski definition) is 4. The smallest absolute Gasteiger partial charge is 0.252 e. The second kappa shape index (κ2) is 6.66. The third-order valence-electron chi connectivity index (χ3n) is 3.86. The SMILES string of the molecule is CCOc1ccc(S(=O)(=O)N2CCCCC2C)cc1C(N)=O. The molecule has 1 heterocycles. The maximum Gasteiger partial charge on any atom is 0.252 e. The Morgan fingerprint density at radius 2 is 2.14 bits per heavy atom. The molecule has 1 aliphatic heterocycles. The van der Waals surface area contributed by atoms with Crippen LogP contribution in [0.15, 0.2) is 23.1 Å². The molecule has 2 N–H and O–H groups in total. The molecule has 122 valence electrons. The van der Waals surface area contributed by atoms with E-state index < -0.39 is 15.9 Å². The zero-order valence-electron chi connectivity index (χ0n) is 12.9. The molecule has 1 atom stereocenters. The summed E-state index contributed by atoms with van der Waals surface area (Å²) in [6.07, 6.45) is 2.73. The number of carbonyl (C=O) groups excluding carboxylic acids is 1. The highest BCUT2D eigenvalue weighted by atomic mass is 32.2. The van der Waals surface area contributed by atoms with Gasteiger partial charge in [0.15, 0.2) is 0 Å². The molecule has 1 aromatic carbocycles. The quantitative estimate of drug-likeness (QED) is 0.892. The molecule has 7 heteroatoms. The summed E-state index contributed by atoms with van der Waals surface area (Å²) in [6, 6.07) is 4.23. The van der Waals surface area contributed by atoms with E-state index in [2.05, 4.69) is 0 Å². The van der Waals surface area contributed by atoms with Crippen LogP contribution in [0.25, 0.3) is 0 Å². The van der Waals surface area contributed by atoms with Gasteiger partial charge in [-0.15, -0.1) is 0 Å². The van der Waals surface area contributed by atoms with Crippen LogP contribution in [0, 0.1) is 0 Å². The lowest BCUT2D eigenvalue weighted by Gasteiger charge is -2.32. The van der Waals surface area contributed by atoms with Crippen molar-refractivity contribution >= 4 is 15.9 Å². The Kier molecular flexibility index (Phi) is 5.08. The molecule has 1 amide bonds. The van der Waals surface area contributed by atoms with E-state index in [0.717, 1.165) is 19.3 Å². The molecule has 0 radical (unpaired) electrons. The van der Waals surface area contributed by atoms with Crippen molar-refractivity contribution < 1.29 is 17.9 Å².